The number of Topliss-reactive ketones (excluding diaryl/α,β-unsaturated/α-hetero) is 1. The van der Waals surface area contributed by atoms with E-state index in [4.69, 9.17) is 30.9 Å². The van der Waals surface area contributed by atoms with Crippen molar-refractivity contribution in [1.29, 1.82) is 0 Å². The lowest BCUT2D eigenvalue weighted by Crippen LogP contribution is -2.45. The standard InChI is InChI=1S/C25H20BrClN2O4/c1-31-22-9-5-15(11-23(22)32-2)19-13-20-18-12-16(26)6-10-21(18)33-25(29(20)28-19)24(30)14-3-7-17(27)8-4-14/h3-12,20,25H,13H2,1-2H3/t20-,25-/m0/s1. The molecular weight excluding hydrogens is 508 g/mol. The molecule has 2 atom stereocenters. The lowest BCUT2D eigenvalue weighted by molar-refractivity contribution is -0.00459. The van der Waals surface area contributed by atoms with Crippen LogP contribution >= 0.6 is 27.5 Å². The number of rotatable bonds is 5. The van der Waals surface area contributed by atoms with Crippen LogP contribution in [0.15, 0.2) is 70.2 Å². The van der Waals surface area contributed by atoms with Crippen molar-refractivity contribution in [3.63, 3.8) is 0 Å². The van der Waals surface area contributed by atoms with E-state index in [-0.39, 0.29) is 11.8 Å². The topological polar surface area (TPSA) is 60.4 Å². The largest absolute Gasteiger partial charge is 0.493 e. The van der Waals surface area contributed by atoms with E-state index in [1.165, 1.54) is 0 Å². The van der Waals surface area contributed by atoms with Crippen molar-refractivity contribution in [2.24, 2.45) is 5.10 Å². The molecule has 8 heteroatoms. The third kappa shape index (κ3) is 3.96. The van der Waals surface area contributed by atoms with Crippen molar-refractivity contribution in [2.75, 3.05) is 14.2 Å². The summed E-state index contributed by atoms with van der Waals surface area (Å²) in [5.41, 5.74) is 3.23. The minimum absolute atomic E-state index is 0.143. The Morgan fingerprint density at radius 2 is 1.82 bits per heavy atom. The highest BCUT2D eigenvalue weighted by Crippen LogP contribution is 2.45. The van der Waals surface area contributed by atoms with E-state index in [0.717, 1.165) is 21.3 Å². The second kappa shape index (κ2) is 8.72. The average molecular weight is 528 g/mol. The maximum Gasteiger partial charge on any atom is 0.251 e. The molecular formula is C25H20BrClN2O4. The van der Waals surface area contributed by atoms with E-state index in [0.29, 0.717) is 34.3 Å². The molecule has 0 unspecified atom stereocenters. The van der Waals surface area contributed by atoms with Crippen LogP contribution in [0, 0.1) is 0 Å². The van der Waals surface area contributed by atoms with Gasteiger partial charge in [-0.1, -0.05) is 27.5 Å². The highest BCUT2D eigenvalue weighted by Gasteiger charge is 2.43. The van der Waals surface area contributed by atoms with E-state index < -0.39 is 6.23 Å². The number of carbonyl (C=O) groups is 1. The van der Waals surface area contributed by atoms with Crippen molar-refractivity contribution in [3.8, 4) is 17.2 Å². The number of hydrazone groups is 1. The minimum atomic E-state index is -0.887. The summed E-state index contributed by atoms with van der Waals surface area (Å²) in [6.45, 7) is 0. The van der Waals surface area contributed by atoms with Crippen LogP contribution in [0.3, 0.4) is 0 Å². The normalized spacial score (nSPS) is 18.7. The highest BCUT2D eigenvalue weighted by atomic mass is 79.9. The Labute approximate surface area is 204 Å². The van der Waals surface area contributed by atoms with Crippen LogP contribution in [0.25, 0.3) is 0 Å². The van der Waals surface area contributed by atoms with Crippen LogP contribution in [0.4, 0.5) is 0 Å². The van der Waals surface area contributed by atoms with E-state index in [1.54, 1.807) is 43.5 Å². The SMILES string of the molecule is COc1ccc(C2=NN3[C@H](C(=O)c4ccc(Cl)cc4)Oc4ccc(Br)cc4[C@@H]3C2)cc1OC. The molecule has 33 heavy (non-hydrogen) atoms. The van der Waals surface area contributed by atoms with E-state index in [9.17, 15) is 4.79 Å². The van der Waals surface area contributed by atoms with Crippen molar-refractivity contribution in [2.45, 2.75) is 18.7 Å². The Morgan fingerprint density at radius 1 is 1.06 bits per heavy atom. The summed E-state index contributed by atoms with van der Waals surface area (Å²) in [4.78, 5) is 13.4. The summed E-state index contributed by atoms with van der Waals surface area (Å²) in [6, 6.07) is 18.2. The molecule has 0 amide bonds. The summed E-state index contributed by atoms with van der Waals surface area (Å²) < 4.78 is 17.9. The van der Waals surface area contributed by atoms with Gasteiger partial charge in [0.2, 0.25) is 5.78 Å². The monoisotopic (exact) mass is 526 g/mol. The van der Waals surface area contributed by atoms with Crippen molar-refractivity contribution in [1.82, 2.24) is 5.01 Å². The number of halogens is 2. The molecule has 5 rings (SSSR count). The van der Waals surface area contributed by atoms with Gasteiger partial charge in [0, 0.05) is 32.6 Å². The van der Waals surface area contributed by atoms with E-state index in [1.807, 2.05) is 36.4 Å². The average Bonchev–Trinajstić information content (AvgIpc) is 3.29. The van der Waals surface area contributed by atoms with Crippen LogP contribution < -0.4 is 14.2 Å². The van der Waals surface area contributed by atoms with Gasteiger partial charge in [-0.2, -0.15) is 5.10 Å². The molecule has 0 aromatic heterocycles. The number of carbonyl (C=O) groups excluding carboxylic acids is 1. The molecule has 3 aromatic rings. The molecule has 0 aliphatic carbocycles. The molecule has 0 radical (unpaired) electrons. The highest BCUT2D eigenvalue weighted by molar-refractivity contribution is 9.10. The van der Waals surface area contributed by atoms with Crippen LogP contribution in [-0.2, 0) is 0 Å². The molecule has 0 fully saturated rings. The first kappa shape index (κ1) is 21.8. The van der Waals surface area contributed by atoms with Gasteiger partial charge < -0.3 is 14.2 Å². The third-order valence-electron chi connectivity index (χ3n) is 5.82. The maximum atomic E-state index is 13.4. The molecule has 0 saturated heterocycles. The molecule has 168 valence electrons. The second-order valence-electron chi connectivity index (χ2n) is 7.74. The Balaban J connectivity index is 1.56. The van der Waals surface area contributed by atoms with Gasteiger partial charge in [-0.05, 0) is 60.7 Å². The fourth-order valence-corrected chi connectivity index (χ4v) is 4.68. The van der Waals surface area contributed by atoms with Crippen molar-refractivity contribution >= 4 is 39.0 Å². The molecule has 3 aromatic carbocycles. The number of ether oxygens (including phenoxy) is 3. The minimum Gasteiger partial charge on any atom is -0.493 e. The molecule has 2 aliphatic heterocycles. The molecule has 6 nitrogen and oxygen atoms in total. The smallest absolute Gasteiger partial charge is 0.251 e. The first-order valence-electron chi connectivity index (χ1n) is 10.3. The summed E-state index contributed by atoms with van der Waals surface area (Å²) in [6.07, 6.45) is -0.269. The van der Waals surface area contributed by atoms with Gasteiger partial charge in [-0.3, -0.25) is 4.79 Å². The number of fused-ring (bicyclic) bond motifs is 3. The zero-order valence-electron chi connectivity index (χ0n) is 17.9. The molecule has 2 heterocycles. The predicted molar refractivity (Wildman–Crippen MR) is 130 cm³/mol. The Morgan fingerprint density at radius 3 is 2.55 bits per heavy atom. The first-order chi connectivity index (χ1) is 16.0. The predicted octanol–water partition coefficient (Wildman–Crippen LogP) is 5.87. The number of ketones is 1. The number of methoxy groups -OCH3 is 2. The maximum absolute atomic E-state index is 13.4. The summed E-state index contributed by atoms with van der Waals surface area (Å²) in [5.74, 6) is 1.76. The molecule has 0 N–H and O–H groups in total. The number of hydrogen-bond acceptors (Lipinski definition) is 6. The Kier molecular flexibility index (Phi) is 5.76. The van der Waals surface area contributed by atoms with Crippen molar-refractivity contribution < 1.29 is 19.0 Å². The van der Waals surface area contributed by atoms with Crippen LogP contribution in [0.5, 0.6) is 17.2 Å². The van der Waals surface area contributed by atoms with Gasteiger partial charge >= 0.3 is 0 Å². The Bertz CT molecular complexity index is 1260. The molecule has 0 spiro atoms. The van der Waals surface area contributed by atoms with Crippen LogP contribution in [-0.4, -0.2) is 37.0 Å². The zero-order chi connectivity index (χ0) is 23.1. The lowest BCUT2D eigenvalue weighted by Gasteiger charge is -2.37. The third-order valence-corrected chi connectivity index (χ3v) is 6.57. The summed E-state index contributed by atoms with van der Waals surface area (Å²) in [7, 11) is 3.20. The van der Waals surface area contributed by atoms with Gasteiger partial charge in [0.1, 0.15) is 5.75 Å². The number of nitrogens with zero attached hydrogens (tertiary/aromatic N) is 2. The number of hydrogen-bond donors (Lipinski definition) is 0. The van der Waals surface area contributed by atoms with Gasteiger partial charge in [0.15, 0.2) is 11.5 Å². The van der Waals surface area contributed by atoms with Crippen LogP contribution in [0.1, 0.15) is 33.9 Å². The molecule has 0 saturated carbocycles. The van der Waals surface area contributed by atoms with Gasteiger partial charge in [-0.15, -0.1) is 0 Å². The molecule has 0 bridgehead atoms. The fourth-order valence-electron chi connectivity index (χ4n) is 4.18. The second-order valence-corrected chi connectivity index (χ2v) is 9.09. The number of benzene rings is 3. The molecule has 2 aliphatic rings. The van der Waals surface area contributed by atoms with E-state index in [2.05, 4.69) is 15.9 Å². The summed E-state index contributed by atoms with van der Waals surface area (Å²) in [5, 5.41) is 7.18. The van der Waals surface area contributed by atoms with E-state index >= 15 is 0 Å². The summed E-state index contributed by atoms with van der Waals surface area (Å²) >= 11 is 9.56. The lowest BCUT2D eigenvalue weighted by atomic mass is 9.95. The van der Waals surface area contributed by atoms with Crippen molar-refractivity contribution in [3.05, 3.63) is 86.8 Å². The quantitative estimate of drug-likeness (QED) is 0.388. The Hall–Kier alpha value is -3.03. The van der Waals surface area contributed by atoms with Gasteiger partial charge in [0.05, 0.1) is 26.0 Å². The van der Waals surface area contributed by atoms with Crippen LogP contribution in [0.2, 0.25) is 5.02 Å². The first-order valence-corrected chi connectivity index (χ1v) is 11.5. The fraction of sp³-hybridized carbons (Fsp3) is 0.200. The van der Waals surface area contributed by atoms with Gasteiger partial charge in [0.25, 0.3) is 6.23 Å². The van der Waals surface area contributed by atoms with Gasteiger partial charge in [-0.25, -0.2) is 5.01 Å². The zero-order valence-corrected chi connectivity index (χ0v) is 20.3.